The van der Waals surface area contributed by atoms with Crippen LogP contribution in [-0.4, -0.2) is 188 Å². The van der Waals surface area contributed by atoms with E-state index >= 15 is 0 Å². The number of rotatable bonds is 35. The van der Waals surface area contributed by atoms with Crippen molar-refractivity contribution in [2.24, 2.45) is 0 Å². The summed E-state index contributed by atoms with van der Waals surface area (Å²) in [5.74, 6) is 1.67. The molecule has 0 fully saturated rings. The number of carbonyl (C=O) groups is 2. The molecule has 4 heterocycles. The van der Waals surface area contributed by atoms with E-state index in [0.29, 0.717) is 163 Å². The van der Waals surface area contributed by atoms with Crippen molar-refractivity contribution in [3.05, 3.63) is 151 Å². The predicted molar refractivity (Wildman–Crippen MR) is 338 cm³/mol. The first-order chi connectivity index (χ1) is 42.0. The summed E-state index contributed by atoms with van der Waals surface area (Å²) < 4.78 is 33.8. The molecule has 0 unspecified atom stereocenters. The van der Waals surface area contributed by atoms with E-state index in [-0.39, 0.29) is 23.9 Å². The Bertz CT molecular complexity index is 2900. The third-order valence-corrected chi connectivity index (χ3v) is 15.4. The predicted octanol–water partition coefficient (Wildman–Crippen LogP) is 9.37. The van der Waals surface area contributed by atoms with Crippen LogP contribution in [0.2, 0.25) is 20.1 Å². The summed E-state index contributed by atoms with van der Waals surface area (Å²) in [4.78, 5) is 46.7. The van der Waals surface area contributed by atoms with Crippen LogP contribution in [0.15, 0.2) is 97.6 Å². The van der Waals surface area contributed by atoms with Crippen LogP contribution in [-0.2, 0) is 41.5 Å². The van der Waals surface area contributed by atoms with Gasteiger partial charge in [0.1, 0.15) is 24.3 Å². The summed E-state index contributed by atoms with van der Waals surface area (Å²) in [5.41, 5.74) is 10.5. The molecule has 2 aliphatic heterocycles. The van der Waals surface area contributed by atoms with Crippen molar-refractivity contribution >= 4 is 70.1 Å². The summed E-state index contributed by atoms with van der Waals surface area (Å²) in [6.07, 6.45) is 4.54. The molecule has 20 nitrogen and oxygen atoms in total. The molecule has 2 aliphatic rings. The molecule has 8 rings (SSSR count). The molecule has 462 valence electrons. The van der Waals surface area contributed by atoms with Crippen LogP contribution in [0, 0.1) is 0 Å². The first-order valence-corrected chi connectivity index (χ1v) is 30.6. The third-order valence-electron chi connectivity index (χ3n) is 14.3. The number of likely N-dealkylation sites (N-methyl/N-ethyl adjacent to an activating group) is 2. The maximum Gasteiger partial charge on any atom is 0.314 e. The Labute approximate surface area is 524 Å². The zero-order valence-electron chi connectivity index (χ0n) is 48.8. The summed E-state index contributed by atoms with van der Waals surface area (Å²) >= 11 is 26.1. The number of anilines is 2. The Balaban J connectivity index is 0.548. The topological polar surface area (TPSA) is 220 Å². The highest BCUT2D eigenvalue weighted by Gasteiger charge is 2.29. The Morgan fingerprint density at radius 1 is 0.465 bits per heavy atom. The normalized spacial score (nSPS) is 15.0. The molecule has 6 N–H and O–H groups in total. The number of hydrogen-bond donors (Lipinski definition) is 6. The van der Waals surface area contributed by atoms with Gasteiger partial charge in [-0.2, -0.15) is 0 Å². The molecule has 2 aromatic heterocycles. The number of halogens is 4. The number of benzene rings is 4. The highest BCUT2D eigenvalue weighted by atomic mass is 35.5. The lowest BCUT2D eigenvalue weighted by atomic mass is 9.84. The molecular formula is C62H78Cl4N12O8. The van der Waals surface area contributed by atoms with E-state index in [1.807, 2.05) is 36.4 Å². The van der Waals surface area contributed by atoms with E-state index in [0.717, 1.165) is 59.8 Å². The van der Waals surface area contributed by atoms with Crippen LogP contribution in [0.5, 0.6) is 0 Å². The monoisotopic (exact) mass is 1260 g/mol. The van der Waals surface area contributed by atoms with Gasteiger partial charge in [-0.15, -0.1) is 0 Å². The molecule has 0 radical (unpaired) electrons. The van der Waals surface area contributed by atoms with E-state index in [1.54, 1.807) is 12.7 Å². The Morgan fingerprint density at radius 2 is 0.837 bits per heavy atom. The van der Waals surface area contributed by atoms with E-state index in [1.165, 1.54) is 22.3 Å². The van der Waals surface area contributed by atoms with E-state index in [2.05, 4.69) is 124 Å². The number of hydrogen-bond acceptors (Lipinski definition) is 16. The molecule has 0 aliphatic carbocycles. The molecule has 0 saturated heterocycles. The van der Waals surface area contributed by atoms with Gasteiger partial charge >= 0.3 is 12.1 Å². The number of nitrogens with one attached hydrogen (secondary N) is 6. The van der Waals surface area contributed by atoms with E-state index in [4.69, 9.17) is 74.8 Å². The fourth-order valence-corrected chi connectivity index (χ4v) is 11.3. The Morgan fingerprint density at radius 3 is 1.24 bits per heavy atom. The van der Waals surface area contributed by atoms with Crippen LogP contribution in [0.1, 0.15) is 58.1 Å². The number of amides is 4. The van der Waals surface area contributed by atoms with Gasteiger partial charge in [0, 0.05) is 121 Å². The van der Waals surface area contributed by atoms with Crippen LogP contribution in [0.3, 0.4) is 0 Å². The van der Waals surface area contributed by atoms with Crippen molar-refractivity contribution in [2.75, 3.05) is 156 Å². The highest BCUT2D eigenvalue weighted by Crippen LogP contribution is 2.41. The van der Waals surface area contributed by atoms with E-state index in [9.17, 15) is 9.59 Å². The van der Waals surface area contributed by atoms with Gasteiger partial charge in [-0.05, 0) is 96.7 Å². The number of carbonyl (C=O) groups excluding carboxylic acids is 2. The lowest BCUT2D eigenvalue weighted by molar-refractivity contribution is 0.0172. The van der Waals surface area contributed by atoms with Crippen molar-refractivity contribution in [3.63, 3.8) is 0 Å². The minimum Gasteiger partial charge on any atom is -0.377 e. The first-order valence-electron chi connectivity index (χ1n) is 29.1. The maximum atomic E-state index is 12.1. The molecule has 4 aromatic carbocycles. The molecule has 0 spiro atoms. The standard InChI is InChI=1S/C62H78Cl4N12O8/c1-77-37-51(49-31-47(63)33-55(65)53(49)39-77)43-7-5-9-45(29-43)57-35-59(75-41-73-57)67-13-17-81-21-25-85-27-23-83-19-15-71-61(79)69-11-3-4-12-70-62(80)72-16-20-84-24-28-86-26-22-82-18-14-68-60-36-58(74-42-76-60)46-10-6-8-44(30-46)52-38-78(2)40-54-50(52)32-48(64)34-56(54)66/h5-10,29-36,41-42,51-52H,3-4,11-28,37-40H2,1-2H3,(H,67,73,75)(H,68,74,76)(H2,69,71,79)(H2,70,72,80)/t51-,52-/m0/s1. The molecule has 2 atom stereocenters. The molecule has 0 bridgehead atoms. The third kappa shape index (κ3) is 21.4. The second-order valence-corrected chi connectivity index (χ2v) is 22.5. The van der Waals surface area contributed by atoms with Crippen molar-refractivity contribution in [1.82, 2.24) is 51.0 Å². The highest BCUT2D eigenvalue weighted by molar-refractivity contribution is 6.35. The first kappa shape index (κ1) is 66.0. The maximum absolute atomic E-state index is 12.1. The van der Waals surface area contributed by atoms with Gasteiger partial charge in [-0.1, -0.05) is 82.8 Å². The van der Waals surface area contributed by atoms with E-state index < -0.39 is 0 Å². The molecule has 86 heavy (non-hydrogen) atoms. The van der Waals surface area contributed by atoms with Gasteiger partial charge < -0.3 is 70.1 Å². The number of urea groups is 2. The number of nitrogens with zero attached hydrogens (tertiary/aromatic N) is 6. The van der Waals surface area contributed by atoms with Gasteiger partial charge in [-0.3, -0.25) is 0 Å². The fourth-order valence-electron chi connectivity index (χ4n) is 10.2. The Hall–Kier alpha value is -5.98. The van der Waals surface area contributed by atoms with Crippen molar-refractivity contribution < 1.29 is 38.0 Å². The van der Waals surface area contributed by atoms with Gasteiger partial charge in [-0.25, -0.2) is 29.5 Å². The number of ether oxygens (including phenoxy) is 6. The smallest absolute Gasteiger partial charge is 0.314 e. The summed E-state index contributed by atoms with van der Waals surface area (Å²) in [6, 6.07) is 27.9. The summed E-state index contributed by atoms with van der Waals surface area (Å²) in [6.45, 7) is 11.1. The zero-order valence-corrected chi connectivity index (χ0v) is 51.8. The number of unbranched alkanes of at least 4 members (excludes halogenated alkanes) is 1. The average molecular weight is 1260 g/mol. The quantitative estimate of drug-likeness (QED) is 0.0204. The Kier molecular flexibility index (Phi) is 27.4. The van der Waals surface area contributed by atoms with Crippen LogP contribution in [0.25, 0.3) is 22.5 Å². The van der Waals surface area contributed by atoms with Gasteiger partial charge in [0.05, 0.1) is 90.7 Å². The molecule has 6 aromatic rings. The largest absolute Gasteiger partial charge is 0.377 e. The number of aromatic nitrogens is 4. The van der Waals surface area contributed by atoms with Crippen LogP contribution >= 0.6 is 46.4 Å². The van der Waals surface area contributed by atoms with Crippen molar-refractivity contribution in [2.45, 2.75) is 37.8 Å². The minimum atomic E-state index is -0.273. The van der Waals surface area contributed by atoms with Gasteiger partial charge in [0.25, 0.3) is 0 Å². The summed E-state index contributed by atoms with van der Waals surface area (Å²) in [7, 11) is 4.21. The van der Waals surface area contributed by atoms with Crippen LogP contribution < -0.4 is 31.9 Å². The SMILES string of the molecule is CN1Cc2c(Cl)cc(Cl)cc2[C@H](c2cccc(-c3cc(NCCOCCOCCOCCNC(=O)NCCCCNC(=O)NCCOCCOCCOCCNc4cc(-c5cccc([C@@H]6CN(C)Cc7c(Cl)cc(Cl)cc76)c5)ncn4)ncn3)c2)C1. The van der Waals surface area contributed by atoms with Gasteiger partial charge in [0.15, 0.2) is 0 Å². The van der Waals surface area contributed by atoms with Crippen molar-refractivity contribution in [1.29, 1.82) is 0 Å². The molecule has 4 amide bonds. The van der Waals surface area contributed by atoms with Gasteiger partial charge in [0.2, 0.25) is 0 Å². The second-order valence-electron chi connectivity index (χ2n) is 20.8. The lowest BCUT2D eigenvalue weighted by Crippen LogP contribution is -2.39. The lowest BCUT2D eigenvalue weighted by Gasteiger charge is -2.33. The van der Waals surface area contributed by atoms with Crippen LogP contribution in [0.4, 0.5) is 21.2 Å². The fraction of sp³-hybridized carbons (Fsp3) is 0.452. The minimum absolute atomic E-state index is 0.128. The zero-order chi connectivity index (χ0) is 60.3. The average Bonchev–Trinajstić information content (AvgIpc) is 3.07. The molecule has 24 heteroatoms. The summed E-state index contributed by atoms with van der Waals surface area (Å²) in [5, 5.41) is 20.5. The van der Waals surface area contributed by atoms with Crippen molar-refractivity contribution in [3.8, 4) is 22.5 Å². The second kappa shape index (κ2) is 35.7. The molecular weight excluding hydrogens is 1180 g/mol. The molecule has 0 saturated carbocycles. The number of fused-ring (bicyclic) bond motifs is 2.